The lowest BCUT2D eigenvalue weighted by atomic mass is 10.1. The molecular formula is C13H12FN3O6S. The number of nitrogens with zero attached hydrogens (tertiary/aromatic N) is 3. The van der Waals surface area contributed by atoms with E-state index in [0.29, 0.717) is 0 Å². The van der Waals surface area contributed by atoms with Crippen LogP contribution in [0.1, 0.15) is 5.56 Å². The molecule has 24 heavy (non-hydrogen) atoms. The smallest absolute Gasteiger partial charge is 0.312 e. The zero-order valence-electron chi connectivity index (χ0n) is 12.6. The maximum absolute atomic E-state index is 13.0. The normalized spacial score (nSPS) is 11.3. The second-order valence-corrected chi connectivity index (χ2v) is 6.29. The Morgan fingerprint density at radius 2 is 1.92 bits per heavy atom. The van der Waals surface area contributed by atoms with Gasteiger partial charge in [0.25, 0.3) is 10.1 Å². The number of rotatable bonds is 6. The molecule has 9 nitrogen and oxygen atoms in total. The lowest BCUT2D eigenvalue weighted by molar-refractivity contribution is -0.385. The van der Waals surface area contributed by atoms with Gasteiger partial charge in [0.2, 0.25) is 5.75 Å². The zero-order valence-corrected chi connectivity index (χ0v) is 13.4. The average molecular weight is 357 g/mol. The van der Waals surface area contributed by atoms with E-state index in [0.717, 1.165) is 24.7 Å². The molecule has 0 aliphatic heterocycles. The molecule has 128 valence electrons. The van der Waals surface area contributed by atoms with Gasteiger partial charge in [-0.2, -0.15) is 8.42 Å². The number of aromatic nitrogens is 2. The average Bonchev–Trinajstić information content (AvgIpc) is 2.52. The summed E-state index contributed by atoms with van der Waals surface area (Å²) in [6.07, 6.45) is 2.65. The Labute approximate surface area is 136 Å². The van der Waals surface area contributed by atoms with Gasteiger partial charge in [0.15, 0.2) is 11.6 Å². The molecule has 1 heterocycles. The Kier molecular flexibility index (Phi) is 5.04. The van der Waals surface area contributed by atoms with Gasteiger partial charge < -0.3 is 4.74 Å². The SMILES string of the molecule is COc1c(-c2ncc(F)cn2)cc(COS(C)(=O)=O)cc1[N+](=O)[O-]. The van der Waals surface area contributed by atoms with Crippen LogP contribution in [0, 0.1) is 15.9 Å². The van der Waals surface area contributed by atoms with E-state index in [-0.39, 0.29) is 22.7 Å². The highest BCUT2D eigenvalue weighted by Crippen LogP contribution is 2.37. The third-order valence-electron chi connectivity index (χ3n) is 2.83. The van der Waals surface area contributed by atoms with Crippen molar-refractivity contribution >= 4 is 15.8 Å². The number of ether oxygens (including phenoxy) is 1. The van der Waals surface area contributed by atoms with Crippen LogP contribution in [0.2, 0.25) is 0 Å². The summed E-state index contributed by atoms with van der Waals surface area (Å²) >= 11 is 0. The molecule has 0 radical (unpaired) electrons. The summed E-state index contributed by atoms with van der Waals surface area (Å²) in [5, 5.41) is 11.2. The summed E-state index contributed by atoms with van der Waals surface area (Å²) in [7, 11) is -2.51. The molecule has 1 aromatic carbocycles. The van der Waals surface area contributed by atoms with E-state index in [1.165, 1.54) is 13.2 Å². The van der Waals surface area contributed by atoms with Crippen LogP contribution >= 0.6 is 0 Å². The van der Waals surface area contributed by atoms with Crippen LogP contribution in [-0.4, -0.2) is 36.7 Å². The van der Waals surface area contributed by atoms with Crippen molar-refractivity contribution in [1.29, 1.82) is 0 Å². The van der Waals surface area contributed by atoms with E-state index in [4.69, 9.17) is 4.74 Å². The Morgan fingerprint density at radius 3 is 2.42 bits per heavy atom. The van der Waals surface area contributed by atoms with Gasteiger partial charge in [-0.25, -0.2) is 14.4 Å². The largest absolute Gasteiger partial charge is 0.490 e. The summed E-state index contributed by atoms with van der Waals surface area (Å²) in [6.45, 7) is -0.419. The molecule has 1 aromatic heterocycles. The van der Waals surface area contributed by atoms with Gasteiger partial charge in [-0.05, 0) is 11.6 Å². The first-order chi connectivity index (χ1) is 11.2. The third-order valence-corrected chi connectivity index (χ3v) is 3.38. The number of hydrogen-bond acceptors (Lipinski definition) is 8. The van der Waals surface area contributed by atoms with Crippen molar-refractivity contribution in [3.05, 3.63) is 46.0 Å². The van der Waals surface area contributed by atoms with Gasteiger partial charge in [-0.3, -0.25) is 14.3 Å². The number of nitro groups is 1. The van der Waals surface area contributed by atoms with E-state index in [1.54, 1.807) is 0 Å². The Balaban J connectivity index is 2.59. The van der Waals surface area contributed by atoms with Crippen molar-refractivity contribution in [3.63, 3.8) is 0 Å². The lowest BCUT2D eigenvalue weighted by Gasteiger charge is -2.10. The zero-order chi connectivity index (χ0) is 17.9. The molecule has 0 atom stereocenters. The number of methoxy groups -OCH3 is 1. The number of hydrogen-bond donors (Lipinski definition) is 0. The molecule has 2 aromatic rings. The molecule has 2 rings (SSSR count). The fourth-order valence-electron chi connectivity index (χ4n) is 1.90. The first-order valence-electron chi connectivity index (χ1n) is 6.39. The van der Waals surface area contributed by atoms with Crippen LogP contribution in [0.5, 0.6) is 5.75 Å². The molecule has 0 saturated heterocycles. The van der Waals surface area contributed by atoms with Crippen LogP contribution in [0.4, 0.5) is 10.1 Å². The summed E-state index contributed by atoms with van der Waals surface area (Å²) in [5.74, 6) is -0.823. The highest BCUT2D eigenvalue weighted by Gasteiger charge is 2.23. The van der Waals surface area contributed by atoms with Crippen LogP contribution < -0.4 is 4.74 Å². The Hall–Kier alpha value is -2.66. The fourth-order valence-corrected chi connectivity index (χ4v) is 2.25. The highest BCUT2D eigenvalue weighted by molar-refractivity contribution is 7.85. The van der Waals surface area contributed by atoms with Crippen molar-refractivity contribution < 1.29 is 26.7 Å². The van der Waals surface area contributed by atoms with Crippen LogP contribution in [0.3, 0.4) is 0 Å². The molecular weight excluding hydrogens is 345 g/mol. The molecule has 0 amide bonds. The van der Waals surface area contributed by atoms with Gasteiger partial charge >= 0.3 is 5.69 Å². The van der Waals surface area contributed by atoms with Gasteiger partial charge in [0.05, 0.1) is 42.9 Å². The second-order valence-electron chi connectivity index (χ2n) is 4.64. The summed E-state index contributed by atoms with van der Waals surface area (Å²) < 4.78 is 44.8. The number of nitro benzene ring substituents is 1. The first-order valence-corrected chi connectivity index (χ1v) is 8.20. The van der Waals surface area contributed by atoms with E-state index >= 15 is 0 Å². The van der Waals surface area contributed by atoms with Gasteiger partial charge in [0, 0.05) is 6.07 Å². The second kappa shape index (κ2) is 6.84. The van der Waals surface area contributed by atoms with E-state index < -0.39 is 33.2 Å². The van der Waals surface area contributed by atoms with Crippen LogP contribution in [0.15, 0.2) is 24.5 Å². The molecule has 11 heteroatoms. The summed E-state index contributed by atoms with van der Waals surface area (Å²) in [5.41, 5.74) is -0.121. The molecule has 0 saturated carbocycles. The van der Waals surface area contributed by atoms with Crippen LogP contribution in [-0.2, 0) is 20.9 Å². The molecule has 0 N–H and O–H groups in total. The monoisotopic (exact) mass is 357 g/mol. The van der Waals surface area contributed by atoms with E-state index in [2.05, 4.69) is 14.2 Å². The molecule has 0 unspecified atom stereocenters. The van der Waals surface area contributed by atoms with E-state index in [9.17, 15) is 22.9 Å². The molecule has 0 bridgehead atoms. The summed E-state index contributed by atoms with van der Waals surface area (Å²) in [4.78, 5) is 18.1. The van der Waals surface area contributed by atoms with Crippen LogP contribution in [0.25, 0.3) is 11.4 Å². The van der Waals surface area contributed by atoms with Crippen molar-refractivity contribution in [2.75, 3.05) is 13.4 Å². The Morgan fingerprint density at radius 1 is 1.29 bits per heavy atom. The minimum absolute atomic E-state index is 0.0162. The Bertz CT molecular complexity index is 870. The van der Waals surface area contributed by atoms with Crippen molar-refractivity contribution in [1.82, 2.24) is 9.97 Å². The quantitative estimate of drug-likeness (QED) is 0.435. The minimum Gasteiger partial charge on any atom is -0.490 e. The van der Waals surface area contributed by atoms with Crippen molar-refractivity contribution in [3.8, 4) is 17.1 Å². The first kappa shape index (κ1) is 17.7. The summed E-state index contributed by atoms with van der Waals surface area (Å²) in [6, 6.07) is 2.50. The van der Waals surface area contributed by atoms with Gasteiger partial charge in [0.1, 0.15) is 0 Å². The molecule has 0 fully saturated rings. The van der Waals surface area contributed by atoms with Crippen molar-refractivity contribution in [2.24, 2.45) is 0 Å². The molecule has 0 spiro atoms. The standard InChI is InChI=1S/C13H12FN3O6S/c1-22-12-10(13-15-5-9(14)6-16-13)3-8(4-11(12)17(18)19)7-23-24(2,20)21/h3-6H,7H2,1-2H3. The predicted octanol–water partition coefficient (Wildman–Crippen LogP) is 1.68. The van der Waals surface area contributed by atoms with Gasteiger partial charge in [-0.1, -0.05) is 0 Å². The number of benzene rings is 1. The topological polar surface area (TPSA) is 122 Å². The maximum atomic E-state index is 13.0. The van der Waals surface area contributed by atoms with Gasteiger partial charge in [-0.15, -0.1) is 0 Å². The molecule has 0 aliphatic carbocycles. The number of halogens is 1. The highest BCUT2D eigenvalue weighted by atomic mass is 32.2. The lowest BCUT2D eigenvalue weighted by Crippen LogP contribution is -2.05. The maximum Gasteiger partial charge on any atom is 0.312 e. The predicted molar refractivity (Wildman–Crippen MR) is 80.3 cm³/mol. The van der Waals surface area contributed by atoms with E-state index in [1.807, 2.05) is 0 Å². The third kappa shape index (κ3) is 4.20. The van der Waals surface area contributed by atoms with Crippen molar-refractivity contribution in [2.45, 2.75) is 6.61 Å². The minimum atomic E-state index is -3.74. The fraction of sp³-hybridized carbons (Fsp3) is 0.231. The molecule has 0 aliphatic rings.